The lowest BCUT2D eigenvalue weighted by molar-refractivity contribution is -0.139. The van der Waals surface area contributed by atoms with Crippen LogP contribution >= 0.6 is 15.9 Å². The van der Waals surface area contributed by atoms with Crippen molar-refractivity contribution in [1.82, 2.24) is 10.2 Å². The quantitative estimate of drug-likeness (QED) is 0.379. The first kappa shape index (κ1) is 28.8. The molecule has 0 radical (unpaired) electrons. The maximum absolute atomic E-state index is 13.6. The van der Waals surface area contributed by atoms with Crippen LogP contribution in [0.5, 0.6) is 0 Å². The number of halogens is 1. The largest absolute Gasteiger partial charge is 0.354 e. The third-order valence-electron chi connectivity index (χ3n) is 5.75. The molecular formula is C26H36BrN3O4S. The number of nitrogens with zero attached hydrogens (tertiary/aromatic N) is 2. The van der Waals surface area contributed by atoms with Gasteiger partial charge in [0, 0.05) is 17.6 Å². The molecule has 0 spiro atoms. The molecule has 2 rings (SSSR count). The number of carbonyl (C=O) groups is 2. The zero-order chi connectivity index (χ0) is 26.2. The Labute approximate surface area is 218 Å². The van der Waals surface area contributed by atoms with Crippen molar-refractivity contribution in [2.24, 2.45) is 0 Å². The maximum atomic E-state index is 13.6. The summed E-state index contributed by atoms with van der Waals surface area (Å²) in [5.41, 5.74) is 2.13. The second kappa shape index (κ2) is 13.1. The number of hydrogen-bond acceptors (Lipinski definition) is 4. The molecule has 0 fully saturated rings. The molecule has 0 heterocycles. The Kier molecular flexibility index (Phi) is 10.8. The van der Waals surface area contributed by atoms with Crippen molar-refractivity contribution in [2.45, 2.75) is 59.0 Å². The number of anilines is 1. The van der Waals surface area contributed by atoms with Crippen molar-refractivity contribution in [3.8, 4) is 0 Å². The number of para-hydroxylation sites is 1. The van der Waals surface area contributed by atoms with E-state index in [2.05, 4.69) is 21.2 Å². The smallest absolute Gasteiger partial charge is 0.244 e. The maximum Gasteiger partial charge on any atom is 0.244 e. The summed E-state index contributed by atoms with van der Waals surface area (Å²) in [6, 6.07) is 13.9. The van der Waals surface area contributed by atoms with E-state index in [4.69, 9.17) is 0 Å². The van der Waals surface area contributed by atoms with Gasteiger partial charge in [-0.1, -0.05) is 73.5 Å². The molecule has 0 aliphatic heterocycles. The Morgan fingerprint density at radius 3 is 2.34 bits per heavy atom. The second-order valence-electron chi connectivity index (χ2n) is 8.96. The minimum atomic E-state index is -3.77. The predicted molar refractivity (Wildman–Crippen MR) is 145 cm³/mol. The zero-order valence-electron chi connectivity index (χ0n) is 21.1. The molecule has 2 aromatic rings. The van der Waals surface area contributed by atoms with Gasteiger partial charge in [-0.25, -0.2) is 8.42 Å². The van der Waals surface area contributed by atoms with Gasteiger partial charge in [0.1, 0.15) is 12.6 Å². The highest BCUT2D eigenvalue weighted by molar-refractivity contribution is 9.10. The molecule has 2 aromatic carbocycles. The van der Waals surface area contributed by atoms with Gasteiger partial charge < -0.3 is 10.2 Å². The highest BCUT2D eigenvalue weighted by Crippen LogP contribution is 2.29. The Bertz CT molecular complexity index is 1120. The summed E-state index contributed by atoms with van der Waals surface area (Å²) in [5.74, 6) is -0.658. The fraction of sp³-hybridized carbons (Fsp3) is 0.462. The van der Waals surface area contributed by atoms with Crippen molar-refractivity contribution >= 4 is 43.5 Å². The highest BCUT2D eigenvalue weighted by Gasteiger charge is 2.31. The molecule has 0 saturated heterocycles. The van der Waals surface area contributed by atoms with E-state index in [-0.39, 0.29) is 18.4 Å². The molecule has 0 aliphatic carbocycles. The third kappa shape index (κ3) is 8.35. The van der Waals surface area contributed by atoms with Crippen LogP contribution in [0.4, 0.5) is 5.69 Å². The minimum Gasteiger partial charge on any atom is -0.354 e. The summed E-state index contributed by atoms with van der Waals surface area (Å²) in [4.78, 5) is 28.0. The summed E-state index contributed by atoms with van der Waals surface area (Å²) in [6.45, 7) is 7.95. The first-order chi connectivity index (χ1) is 16.5. The van der Waals surface area contributed by atoms with Crippen LogP contribution in [-0.2, 0) is 26.2 Å². The van der Waals surface area contributed by atoms with Crippen LogP contribution in [-0.4, -0.2) is 50.5 Å². The monoisotopic (exact) mass is 565 g/mol. The van der Waals surface area contributed by atoms with E-state index < -0.39 is 28.5 Å². The van der Waals surface area contributed by atoms with Crippen molar-refractivity contribution in [3.63, 3.8) is 0 Å². The number of benzene rings is 2. The Balaban J connectivity index is 2.42. The number of rotatable bonds is 12. The number of amides is 2. The van der Waals surface area contributed by atoms with Crippen LogP contribution in [0.25, 0.3) is 0 Å². The highest BCUT2D eigenvalue weighted by atomic mass is 79.9. The lowest BCUT2D eigenvalue weighted by atomic mass is 10.0. The Morgan fingerprint density at radius 2 is 1.74 bits per heavy atom. The van der Waals surface area contributed by atoms with Gasteiger partial charge in [-0.2, -0.15) is 0 Å². The number of hydrogen-bond donors (Lipinski definition) is 1. The Hall–Kier alpha value is -2.39. The number of carbonyl (C=O) groups excluding carboxylic acids is 2. The summed E-state index contributed by atoms with van der Waals surface area (Å²) >= 11 is 3.45. The first-order valence-corrected chi connectivity index (χ1v) is 14.5. The number of unbranched alkanes of at least 4 members (excludes halogenated alkanes) is 1. The van der Waals surface area contributed by atoms with Crippen LogP contribution < -0.4 is 9.62 Å². The zero-order valence-corrected chi connectivity index (χ0v) is 23.5. The van der Waals surface area contributed by atoms with E-state index in [1.54, 1.807) is 19.1 Å². The summed E-state index contributed by atoms with van der Waals surface area (Å²) in [6.07, 6.45) is 2.87. The van der Waals surface area contributed by atoms with E-state index >= 15 is 0 Å². The van der Waals surface area contributed by atoms with Gasteiger partial charge in [-0.3, -0.25) is 13.9 Å². The van der Waals surface area contributed by atoms with E-state index in [1.807, 2.05) is 57.2 Å². The van der Waals surface area contributed by atoms with Crippen LogP contribution in [0.3, 0.4) is 0 Å². The third-order valence-corrected chi connectivity index (χ3v) is 7.37. The second-order valence-corrected chi connectivity index (χ2v) is 11.8. The fourth-order valence-electron chi connectivity index (χ4n) is 3.75. The number of sulfonamides is 1. The van der Waals surface area contributed by atoms with Crippen LogP contribution in [0.2, 0.25) is 0 Å². The van der Waals surface area contributed by atoms with Gasteiger partial charge in [0.25, 0.3) is 0 Å². The molecule has 2 amide bonds. The van der Waals surface area contributed by atoms with Gasteiger partial charge >= 0.3 is 0 Å². The SMILES string of the molecule is CCCCNC(=O)[C@H](C)N(Cc1cccc(Br)c1)C(=O)CN(c1ccccc1C(C)C)S(C)(=O)=O. The van der Waals surface area contributed by atoms with E-state index in [0.717, 1.165) is 39.0 Å². The molecule has 1 N–H and O–H groups in total. The normalized spacial score (nSPS) is 12.3. The molecule has 192 valence electrons. The molecule has 0 unspecified atom stereocenters. The molecule has 1 atom stereocenters. The lowest BCUT2D eigenvalue weighted by Crippen LogP contribution is -2.51. The van der Waals surface area contributed by atoms with Gasteiger partial charge in [0.05, 0.1) is 11.9 Å². The van der Waals surface area contributed by atoms with Crippen LogP contribution in [0.1, 0.15) is 57.6 Å². The van der Waals surface area contributed by atoms with Gasteiger partial charge in [0.2, 0.25) is 21.8 Å². The summed E-state index contributed by atoms with van der Waals surface area (Å²) in [7, 11) is -3.77. The van der Waals surface area contributed by atoms with Crippen molar-refractivity contribution in [2.75, 3.05) is 23.7 Å². The molecule has 7 nitrogen and oxygen atoms in total. The summed E-state index contributed by atoms with van der Waals surface area (Å²) < 4.78 is 27.6. The molecular weight excluding hydrogens is 530 g/mol. The standard InChI is InChI=1S/C26H36BrN3O4S/c1-6-7-15-28-26(32)20(4)29(17-21-11-10-12-22(27)16-21)25(31)18-30(35(5,33)34)24-14-9-8-13-23(24)19(2)3/h8-14,16,19-20H,6-7,15,17-18H2,1-5H3,(H,28,32)/t20-/m0/s1. The fourth-order valence-corrected chi connectivity index (χ4v) is 5.06. The number of nitrogens with one attached hydrogen (secondary N) is 1. The van der Waals surface area contributed by atoms with Crippen LogP contribution in [0.15, 0.2) is 53.0 Å². The average Bonchev–Trinajstić information content (AvgIpc) is 2.79. The molecule has 35 heavy (non-hydrogen) atoms. The van der Waals surface area contributed by atoms with Crippen molar-refractivity contribution in [3.05, 3.63) is 64.1 Å². The lowest BCUT2D eigenvalue weighted by Gasteiger charge is -2.32. The Morgan fingerprint density at radius 1 is 1.06 bits per heavy atom. The predicted octanol–water partition coefficient (Wildman–Crippen LogP) is 4.67. The average molecular weight is 567 g/mol. The summed E-state index contributed by atoms with van der Waals surface area (Å²) in [5, 5.41) is 2.88. The minimum absolute atomic E-state index is 0.0617. The van der Waals surface area contributed by atoms with E-state index in [1.165, 1.54) is 4.90 Å². The van der Waals surface area contributed by atoms with Gasteiger partial charge in [-0.15, -0.1) is 0 Å². The topological polar surface area (TPSA) is 86.8 Å². The van der Waals surface area contributed by atoms with E-state index in [9.17, 15) is 18.0 Å². The molecule has 9 heteroatoms. The molecule has 0 aliphatic rings. The van der Waals surface area contributed by atoms with Crippen molar-refractivity contribution < 1.29 is 18.0 Å². The van der Waals surface area contributed by atoms with Gasteiger partial charge in [-0.05, 0) is 48.6 Å². The molecule has 0 saturated carbocycles. The first-order valence-electron chi connectivity index (χ1n) is 11.8. The van der Waals surface area contributed by atoms with E-state index in [0.29, 0.717) is 12.2 Å². The molecule has 0 bridgehead atoms. The van der Waals surface area contributed by atoms with Crippen LogP contribution in [0, 0.1) is 0 Å². The van der Waals surface area contributed by atoms with Crippen molar-refractivity contribution in [1.29, 1.82) is 0 Å². The van der Waals surface area contributed by atoms with Gasteiger partial charge in [0.15, 0.2) is 0 Å². The molecule has 0 aromatic heterocycles.